The van der Waals surface area contributed by atoms with Crippen LogP contribution in [0.5, 0.6) is 5.75 Å². The molecule has 0 saturated carbocycles. The molecule has 0 aliphatic rings. The first-order valence-corrected chi connectivity index (χ1v) is 12.8. The molecule has 39 heavy (non-hydrogen) atoms. The number of fused-ring (bicyclic) bond motifs is 1. The molecule has 2 aromatic heterocycles. The second kappa shape index (κ2) is 10.8. The number of aromatic hydroxyl groups is 1. The number of benzene rings is 2. The van der Waals surface area contributed by atoms with Gasteiger partial charge in [-0.25, -0.2) is 4.79 Å². The van der Waals surface area contributed by atoms with Crippen molar-refractivity contribution in [3.05, 3.63) is 81.4 Å². The van der Waals surface area contributed by atoms with E-state index in [1.54, 1.807) is 80.1 Å². The standard InChI is InChI=1S/C29H32ClN3O6/c1-16-6-11-20(21(34)14-16)31-22(35)15-33-13-12-19-23(17-7-9-18(30)10-8-17)25(32(5)27(36)24(19)33)26(28(37)38)39-29(2,3)4/h6-14,22,26,31,34-35H,15H2,1-5H3,(H,37,38). The first-order chi connectivity index (χ1) is 18.3. The Morgan fingerprint density at radius 3 is 2.38 bits per heavy atom. The first-order valence-electron chi connectivity index (χ1n) is 12.4. The predicted octanol–water partition coefficient (Wildman–Crippen LogP) is 5.05. The lowest BCUT2D eigenvalue weighted by atomic mass is 9.96. The lowest BCUT2D eigenvalue weighted by Crippen LogP contribution is -2.33. The number of aryl methyl sites for hydroxylation is 1. The fourth-order valence-corrected chi connectivity index (χ4v) is 4.74. The van der Waals surface area contributed by atoms with Crippen molar-refractivity contribution in [3.63, 3.8) is 0 Å². The molecule has 10 heteroatoms. The summed E-state index contributed by atoms with van der Waals surface area (Å²) in [5.41, 5.74) is 1.60. The SMILES string of the molecule is Cc1ccc(NC(O)Cn2ccc3c(-c4ccc(Cl)cc4)c(C(OC(C)(C)C)C(=O)O)n(C)c(=O)c32)c(O)c1. The second-order valence-electron chi connectivity index (χ2n) is 10.5. The molecule has 2 heterocycles. The molecule has 206 valence electrons. The van der Waals surface area contributed by atoms with Crippen molar-refractivity contribution in [2.24, 2.45) is 7.05 Å². The average molecular weight is 554 g/mol. The van der Waals surface area contributed by atoms with Gasteiger partial charge in [0.05, 0.1) is 23.5 Å². The summed E-state index contributed by atoms with van der Waals surface area (Å²) >= 11 is 6.13. The fraction of sp³-hybridized carbons (Fsp3) is 0.310. The molecule has 2 unspecified atom stereocenters. The van der Waals surface area contributed by atoms with Crippen molar-refractivity contribution in [3.8, 4) is 16.9 Å². The normalized spacial score (nSPS) is 13.4. The van der Waals surface area contributed by atoms with Crippen molar-refractivity contribution in [1.29, 1.82) is 0 Å². The van der Waals surface area contributed by atoms with Crippen LogP contribution in [0.4, 0.5) is 5.69 Å². The topological polar surface area (TPSA) is 126 Å². The Kier molecular flexibility index (Phi) is 7.79. The van der Waals surface area contributed by atoms with E-state index in [9.17, 15) is 24.9 Å². The maximum absolute atomic E-state index is 13.7. The van der Waals surface area contributed by atoms with E-state index >= 15 is 0 Å². The first kappa shape index (κ1) is 28.2. The molecule has 4 rings (SSSR count). The van der Waals surface area contributed by atoms with Crippen molar-refractivity contribution in [2.75, 3.05) is 5.32 Å². The zero-order chi connectivity index (χ0) is 28.6. The maximum Gasteiger partial charge on any atom is 0.339 e. The molecule has 2 aromatic carbocycles. The van der Waals surface area contributed by atoms with Gasteiger partial charge in [0.1, 0.15) is 17.5 Å². The number of rotatable bonds is 8. The molecule has 4 aromatic rings. The number of carboxylic acids is 1. The third-order valence-corrected chi connectivity index (χ3v) is 6.53. The number of pyridine rings is 1. The van der Waals surface area contributed by atoms with Crippen molar-refractivity contribution in [1.82, 2.24) is 9.13 Å². The van der Waals surface area contributed by atoms with Gasteiger partial charge in [-0.1, -0.05) is 29.8 Å². The largest absolute Gasteiger partial charge is 0.506 e. The number of hydrogen-bond acceptors (Lipinski definition) is 6. The van der Waals surface area contributed by atoms with Crippen LogP contribution in [-0.2, 0) is 23.1 Å². The summed E-state index contributed by atoms with van der Waals surface area (Å²) < 4.78 is 8.84. The van der Waals surface area contributed by atoms with E-state index in [1.165, 1.54) is 11.6 Å². The third kappa shape index (κ3) is 5.95. The molecular weight excluding hydrogens is 522 g/mol. The molecule has 0 aliphatic heterocycles. The number of nitrogens with one attached hydrogen (secondary N) is 1. The summed E-state index contributed by atoms with van der Waals surface area (Å²) in [6.07, 6.45) is -0.915. The highest BCUT2D eigenvalue weighted by Gasteiger charge is 2.33. The van der Waals surface area contributed by atoms with Crippen LogP contribution in [0.2, 0.25) is 5.02 Å². The number of carboxylic acid groups (broad SMARTS) is 1. The number of phenols is 1. The predicted molar refractivity (Wildman–Crippen MR) is 151 cm³/mol. The molecule has 2 atom stereocenters. The monoisotopic (exact) mass is 553 g/mol. The van der Waals surface area contributed by atoms with E-state index < -0.39 is 29.5 Å². The van der Waals surface area contributed by atoms with Gasteiger partial charge < -0.3 is 34.5 Å². The summed E-state index contributed by atoms with van der Waals surface area (Å²) in [6, 6.07) is 13.7. The highest BCUT2D eigenvalue weighted by molar-refractivity contribution is 6.30. The molecule has 0 bridgehead atoms. The van der Waals surface area contributed by atoms with Crippen molar-refractivity contribution in [2.45, 2.75) is 52.2 Å². The number of hydrogen-bond donors (Lipinski definition) is 4. The molecule has 0 spiro atoms. The van der Waals surface area contributed by atoms with Crippen LogP contribution in [0.3, 0.4) is 0 Å². The van der Waals surface area contributed by atoms with Crippen LogP contribution in [0.25, 0.3) is 22.0 Å². The van der Waals surface area contributed by atoms with Gasteiger partial charge in [0.25, 0.3) is 5.56 Å². The molecule has 4 N–H and O–H groups in total. The van der Waals surface area contributed by atoms with Crippen molar-refractivity contribution < 1.29 is 24.9 Å². The minimum Gasteiger partial charge on any atom is -0.506 e. The summed E-state index contributed by atoms with van der Waals surface area (Å²) in [5.74, 6) is -1.23. The molecule has 0 fully saturated rings. The van der Waals surface area contributed by atoms with E-state index in [1.807, 2.05) is 6.92 Å². The number of ether oxygens (including phenoxy) is 1. The van der Waals surface area contributed by atoms with Gasteiger partial charge in [-0.05, 0) is 69.2 Å². The number of nitrogens with zero attached hydrogens (tertiary/aromatic N) is 2. The Bertz CT molecular complexity index is 1580. The highest BCUT2D eigenvalue weighted by atomic mass is 35.5. The average Bonchev–Trinajstić information content (AvgIpc) is 3.25. The minimum absolute atomic E-state index is 0.00412. The van der Waals surface area contributed by atoms with Gasteiger partial charge in [-0.3, -0.25) is 4.79 Å². The quantitative estimate of drug-likeness (QED) is 0.178. The van der Waals surface area contributed by atoms with Gasteiger partial charge in [-0.15, -0.1) is 0 Å². The number of phenolic OH excluding ortho intramolecular Hbond substituents is 1. The Morgan fingerprint density at radius 1 is 1.13 bits per heavy atom. The van der Waals surface area contributed by atoms with Crippen LogP contribution >= 0.6 is 11.6 Å². The number of anilines is 1. The molecular formula is C29H32ClN3O6. The molecule has 0 aliphatic carbocycles. The van der Waals surface area contributed by atoms with Gasteiger partial charge in [-0.2, -0.15) is 0 Å². The van der Waals surface area contributed by atoms with Crippen LogP contribution in [-0.4, -0.2) is 42.3 Å². The van der Waals surface area contributed by atoms with E-state index in [4.69, 9.17) is 16.3 Å². The van der Waals surface area contributed by atoms with Gasteiger partial charge in [0, 0.05) is 29.2 Å². The number of aliphatic carboxylic acids is 1. The third-order valence-electron chi connectivity index (χ3n) is 6.28. The second-order valence-corrected chi connectivity index (χ2v) is 10.9. The maximum atomic E-state index is 13.7. The number of carbonyl (C=O) groups is 1. The lowest BCUT2D eigenvalue weighted by Gasteiger charge is -2.28. The van der Waals surface area contributed by atoms with Gasteiger partial charge in [0.15, 0.2) is 6.10 Å². The Hall–Kier alpha value is -3.79. The summed E-state index contributed by atoms with van der Waals surface area (Å²) in [5, 5.41) is 35.0. The lowest BCUT2D eigenvalue weighted by molar-refractivity contribution is -0.161. The summed E-state index contributed by atoms with van der Waals surface area (Å²) in [6.45, 7) is 7.07. The number of aliphatic hydroxyl groups is 1. The van der Waals surface area contributed by atoms with E-state index in [-0.39, 0.29) is 23.5 Å². The zero-order valence-corrected chi connectivity index (χ0v) is 23.2. The minimum atomic E-state index is -1.43. The smallest absolute Gasteiger partial charge is 0.339 e. The number of aromatic nitrogens is 2. The zero-order valence-electron chi connectivity index (χ0n) is 22.4. The van der Waals surface area contributed by atoms with Gasteiger partial charge >= 0.3 is 5.97 Å². The van der Waals surface area contributed by atoms with Gasteiger partial charge in [0.2, 0.25) is 0 Å². The van der Waals surface area contributed by atoms with Crippen LogP contribution < -0.4 is 10.9 Å². The summed E-state index contributed by atoms with van der Waals surface area (Å²) in [7, 11) is 1.51. The Balaban J connectivity index is 1.88. The van der Waals surface area contributed by atoms with Crippen LogP contribution in [0.15, 0.2) is 59.5 Å². The fourth-order valence-electron chi connectivity index (χ4n) is 4.62. The molecule has 0 amide bonds. The van der Waals surface area contributed by atoms with E-state index in [2.05, 4.69) is 5.32 Å². The molecule has 0 radical (unpaired) electrons. The van der Waals surface area contributed by atoms with E-state index in [0.717, 1.165) is 5.56 Å². The van der Waals surface area contributed by atoms with Crippen LogP contribution in [0, 0.1) is 6.92 Å². The van der Waals surface area contributed by atoms with Crippen molar-refractivity contribution >= 4 is 34.2 Å². The van der Waals surface area contributed by atoms with E-state index in [0.29, 0.717) is 27.2 Å². The van der Waals surface area contributed by atoms with Crippen LogP contribution in [0.1, 0.15) is 38.1 Å². The summed E-state index contributed by atoms with van der Waals surface area (Å²) in [4.78, 5) is 26.2. The molecule has 0 saturated heterocycles. The Morgan fingerprint density at radius 2 is 1.79 bits per heavy atom. The molecule has 9 nitrogen and oxygen atoms in total. The number of halogens is 1. The number of aliphatic hydroxyl groups excluding tert-OH is 1. The highest BCUT2D eigenvalue weighted by Crippen LogP contribution is 2.37. The Labute approximate surface area is 230 Å².